The van der Waals surface area contributed by atoms with Crippen LogP contribution in [-0.2, 0) is 5.41 Å². The van der Waals surface area contributed by atoms with Gasteiger partial charge in [0, 0.05) is 11.0 Å². The normalized spacial score (nSPS) is 26.4. The molecule has 1 heterocycles. The number of rotatable bonds is 1. The molecule has 0 bridgehead atoms. The van der Waals surface area contributed by atoms with Crippen LogP contribution in [0.3, 0.4) is 0 Å². The van der Waals surface area contributed by atoms with Crippen molar-refractivity contribution in [2.24, 2.45) is 0 Å². The number of hydrogen-bond donors (Lipinski definition) is 0. The lowest BCUT2D eigenvalue weighted by Crippen LogP contribution is -2.32. The van der Waals surface area contributed by atoms with E-state index >= 15 is 0 Å². The van der Waals surface area contributed by atoms with Crippen molar-refractivity contribution in [2.75, 3.05) is 13.7 Å². The highest BCUT2D eigenvalue weighted by Crippen LogP contribution is 2.48. The van der Waals surface area contributed by atoms with Crippen molar-refractivity contribution in [3.8, 4) is 11.5 Å². The van der Waals surface area contributed by atoms with E-state index in [9.17, 15) is 0 Å². The monoisotopic (exact) mass is 230 g/mol. The van der Waals surface area contributed by atoms with E-state index in [0.717, 1.165) is 24.5 Å². The fourth-order valence-corrected chi connectivity index (χ4v) is 3.05. The Morgan fingerprint density at radius 1 is 1.29 bits per heavy atom. The molecule has 0 saturated heterocycles. The molecule has 1 aliphatic heterocycles. The summed E-state index contributed by atoms with van der Waals surface area (Å²) in [7, 11) is 1.71. The lowest BCUT2D eigenvalue weighted by atomic mass is 9.70. The van der Waals surface area contributed by atoms with Gasteiger partial charge in [0.2, 0.25) is 0 Å². The van der Waals surface area contributed by atoms with Gasteiger partial charge >= 0.3 is 0 Å². The lowest BCUT2D eigenvalue weighted by Gasteiger charge is -2.39. The van der Waals surface area contributed by atoms with Gasteiger partial charge in [-0.05, 0) is 31.7 Å². The quantitative estimate of drug-likeness (QED) is 0.688. The number of benzene rings is 1. The van der Waals surface area contributed by atoms with Crippen LogP contribution in [0.4, 0.5) is 0 Å². The average Bonchev–Trinajstić information content (AvgIpc) is 2.40. The number of para-hydroxylation sites is 1. The minimum absolute atomic E-state index is 0.195. The number of methoxy groups -OCH3 is 1. The Kier molecular flexibility index (Phi) is 2.58. The standard InChI is InChI=1S/C15H18O2/c1-16-13-7-5-6-12-14(13)17-11-10-15(12)8-3-2-4-9-15/h3,5-8H,2,4,9-11H2,1H3/t15-/m1/s1. The Balaban J connectivity index is 2.13. The van der Waals surface area contributed by atoms with E-state index in [2.05, 4.69) is 24.3 Å². The molecule has 2 nitrogen and oxygen atoms in total. The zero-order valence-electron chi connectivity index (χ0n) is 10.2. The smallest absolute Gasteiger partial charge is 0.165 e. The summed E-state index contributed by atoms with van der Waals surface area (Å²) < 4.78 is 11.2. The molecule has 0 amide bonds. The third kappa shape index (κ3) is 1.63. The van der Waals surface area contributed by atoms with Crippen molar-refractivity contribution >= 4 is 0 Å². The predicted molar refractivity (Wildman–Crippen MR) is 67.8 cm³/mol. The first-order chi connectivity index (χ1) is 8.36. The van der Waals surface area contributed by atoms with Crippen LogP contribution in [0.15, 0.2) is 30.4 Å². The molecule has 1 aromatic rings. The summed E-state index contributed by atoms with van der Waals surface area (Å²) in [5.41, 5.74) is 1.50. The molecule has 90 valence electrons. The van der Waals surface area contributed by atoms with Crippen LogP contribution in [0.2, 0.25) is 0 Å². The Morgan fingerprint density at radius 3 is 3.00 bits per heavy atom. The molecule has 0 unspecified atom stereocenters. The van der Waals surface area contributed by atoms with Crippen LogP contribution in [-0.4, -0.2) is 13.7 Å². The highest BCUT2D eigenvalue weighted by Gasteiger charge is 2.37. The Labute approximate surface area is 102 Å². The third-order valence-corrected chi connectivity index (χ3v) is 3.96. The van der Waals surface area contributed by atoms with E-state index < -0.39 is 0 Å². The van der Waals surface area contributed by atoms with Gasteiger partial charge in [0.05, 0.1) is 13.7 Å². The Hall–Kier alpha value is -1.44. The van der Waals surface area contributed by atoms with Crippen LogP contribution in [0, 0.1) is 0 Å². The molecule has 0 fully saturated rings. The van der Waals surface area contributed by atoms with Gasteiger partial charge in [0.25, 0.3) is 0 Å². The molecular formula is C15H18O2. The van der Waals surface area contributed by atoms with Crippen molar-refractivity contribution in [1.82, 2.24) is 0 Å². The molecule has 1 atom stereocenters. The summed E-state index contributed by atoms with van der Waals surface area (Å²) in [6, 6.07) is 6.23. The molecule has 1 aromatic carbocycles. The molecule has 0 aromatic heterocycles. The van der Waals surface area contributed by atoms with E-state index in [1.54, 1.807) is 7.11 Å². The zero-order valence-corrected chi connectivity index (χ0v) is 10.2. The first kappa shape index (κ1) is 10.7. The molecule has 0 saturated carbocycles. The van der Waals surface area contributed by atoms with Crippen LogP contribution >= 0.6 is 0 Å². The summed E-state index contributed by atoms with van der Waals surface area (Å²) >= 11 is 0. The number of ether oxygens (including phenoxy) is 2. The average molecular weight is 230 g/mol. The molecule has 2 heteroatoms. The van der Waals surface area contributed by atoms with Crippen LogP contribution in [0.5, 0.6) is 11.5 Å². The van der Waals surface area contributed by atoms with E-state index in [1.165, 1.54) is 24.8 Å². The van der Waals surface area contributed by atoms with Crippen LogP contribution in [0.25, 0.3) is 0 Å². The second-order valence-corrected chi connectivity index (χ2v) is 4.89. The van der Waals surface area contributed by atoms with Crippen LogP contribution < -0.4 is 9.47 Å². The minimum atomic E-state index is 0.195. The van der Waals surface area contributed by atoms with Gasteiger partial charge in [0.15, 0.2) is 11.5 Å². The molecular weight excluding hydrogens is 212 g/mol. The van der Waals surface area contributed by atoms with Gasteiger partial charge in [-0.2, -0.15) is 0 Å². The van der Waals surface area contributed by atoms with Gasteiger partial charge < -0.3 is 9.47 Å². The molecule has 2 aliphatic rings. The molecule has 1 spiro atoms. The third-order valence-electron chi connectivity index (χ3n) is 3.96. The van der Waals surface area contributed by atoms with Crippen LogP contribution in [0.1, 0.15) is 31.2 Å². The van der Waals surface area contributed by atoms with Gasteiger partial charge in [0.1, 0.15) is 0 Å². The highest BCUT2D eigenvalue weighted by atomic mass is 16.5. The summed E-state index contributed by atoms with van der Waals surface area (Å²) in [4.78, 5) is 0. The minimum Gasteiger partial charge on any atom is -0.493 e. The van der Waals surface area contributed by atoms with E-state index in [1.807, 2.05) is 6.07 Å². The number of hydrogen-bond acceptors (Lipinski definition) is 2. The van der Waals surface area contributed by atoms with Crippen molar-refractivity contribution in [3.05, 3.63) is 35.9 Å². The Morgan fingerprint density at radius 2 is 2.24 bits per heavy atom. The molecule has 0 N–H and O–H groups in total. The molecule has 1 aliphatic carbocycles. The van der Waals surface area contributed by atoms with Crippen molar-refractivity contribution in [1.29, 1.82) is 0 Å². The lowest BCUT2D eigenvalue weighted by molar-refractivity contribution is 0.217. The second kappa shape index (κ2) is 4.10. The van der Waals surface area contributed by atoms with Gasteiger partial charge in [-0.15, -0.1) is 0 Å². The first-order valence-corrected chi connectivity index (χ1v) is 6.34. The second-order valence-electron chi connectivity index (χ2n) is 4.89. The summed E-state index contributed by atoms with van der Waals surface area (Å²) in [6.45, 7) is 0.789. The fourth-order valence-electron chi connectivity index (χ4n) is 3.05. The van der Waals surface area contributed by atoms with Gasteiger partial charge in [-0.1, -0.05) is 24.3 Å². The molecule has 0 radical (unpaired) electrons. The summed E-state index contributed by atoms with van der Waals surface area (Å²) in [6.07, 6.45) is 9.50. The van der Waals surface area contributed by atoms with Gasteiger partial charge in [-0.25, -0.2) is 0 Å². The summed E-state index contributed by atoms with van der Waals surface area (Å²) in [5, 5.41) is 0. The topological polar surface area (TPSA) is 18.5 Å². The molecule has 17 heavy (non-hydrogen) atoms. The maximum atomic E-state index is 5.81. The zero-order chi connectivity index (χ0) is 11.7. The maximum absolute atomic E-state index is 5.81. The number of fused-ring (bicyclic) bond motifs is 2. The molecule has 3 rings (SSSR count). The first-order valence-electron chi connectivity index (χ1n) is 6.34. The SMILES string of the molecule is COc1cccc2c1OCC[C@]21C=CCCC1. The maximum Gasteiger partial charge on any atom is 0.165 e. The largest absolute Gasteiger partial charge is 0.493 e. The predicted octanol–water partition coefficient (Wildman–Crippen LogP) is 3.46. The Bertz CT molecular complexity index is 450. The van der Waals surface area contributed by atoms with Crippen molar-refractivity contribution in [2.45, 2.75) is 31.1 Å². The van der Waals surface area contributed by atoms with E-state index in [0.29, 0.717) is 0 Å². The van der Waals surface area contributed by atoms with Crippen molar-refractivity contribution < 1.29 is 9.47 Å². The summed E-state index contributed by atoms with van der Waals surface area (Å²) in [5.74, 6) is 1.81. The van der Waals surface area contributed by atoms with E-state index in [4.69, 9.17) is 9.47 Å². The highest BCUT2D eigenvalue weighted by molar-refractivity contribution is 5.53. The van der Waals surface area contributed by atoms with Gasteiger partial charge in [-0.3, -0.25) is 0 Å². The fraction of sp³-hybridized carbons (Fsp3) is 0.467. The van der Waals surface area contributed by atoms with E-state index in [-0.39, 0.29) is 5.41 Å². The number of allylic oxidation sites excluding steroid dienone is 2. The van der Waals surface area contributed by atoms with Crippen molar-refractivity contribution in [3.63, 3.8) is 0 Å².